The summed E-state index contributed by atoms with van der Waals surface area (Å²) >= 11 is 0. The van der Waals surface area contributed by atoms with Gasteiger partial charge in [0.1, 0.15) is 11.5 Å². The molecule has 0 unspecified atom stereocenters. The van der Waals surface area contributed by atoms with Crippen molar-refractivity contribution in [2.75, 3.05) is 37.0 Å². The average Bonchev–Trinajstić information content (AvgIpc) is 3.29. The van der Waals surface area contributed by atoms with Gasteiger partial charge in [0.2, 0.25) is 0 Å². The van der Waals surface area contributed by atoms with Gasteiger partial charge in [0.25, 0.3) is 11.5 Å². The Balaban J connectivity index is 1.50. The molecular formula is C22H26N6O3. The molecule has 4 rings (SSSR count). The van der Waals surface area contributed by atoms with Gasteiger partial charge in [-0.05, 0) is 43.2 Å². The van der Waals surface area contributed by atoms with Crippen LogP contribution in [0.3, 0.4) is 0 Å². The van der Waals surface area contributed by atoms with Crippen molar-refractivity contribution in [3.05, 3.63) is 70.0 Å². The molecule has 162 valence electrons. The number of hydrogen-bond acceptors (Lipinski definition) is 7. The third-order valence-corrected chi connectivity index (χ3v) is 5.55. The Labute approximate surface area is 179 Å². The van der Waals surface area contributed by atoms with E-state index in [0.29, 0.717) is 23.5 Å². The van der Waals surface area contributed by atoms with E-state index in [4.69, 9.17) is 0 Å². The van der Waals surface area contributed by atoms with Crippen molar-refractivity contribution >= 4 is 23.0 Å². The second kappa shape index (κ2) is 9.05. The Morgan fingerprint density at radius 3 is 2.87 bits per heavy atom. The molecule has 0 bridgehead atoms. The number of H-pyrrole nitrogens is 1. The van der Waals surface area contributed by atoms with E-state index in [1.54, 1.807) is 37.6 Å². The molecule has 3 heterocycles. The lowest BCUT2D eigenvalue weighted by Gasteiger charge is -2.25. The van der Waals surface area contributed by atoms with E-state index in [0.717, 1.165) is 30.8 Å². The van der Waals surface area contributed by atoms with Crippen LogP contribution in [0.15, 0.2) is 58.3 Å². The number of aromatic amines is 1. The van der Waals surface area contributed by atoms with Gasteiger partial charge in [-0.15, -0.1) is 0 Å². The fourth-order valence-corrected chi connectivity index (χ4v) is 3.86. The Morgan fingerprint density at radius 1 is 1.32 bits per heavy atom. The maximum atomic E-state index is 12.7. The van der Waals surface area contributed by atoms with E-state index in [9.17, 15) is 14.7 Å². The van der Waals surface area contributed by atoms with Crippen LogP contribution >= 0.6 is 0 Å². The number of aliphatic hydroxyl groups is 1. The zero-order chi connectivity index (χ0) is 21.8. The van der Waals surface area contributed by atoms with Crippen molar-refractivity contribution < 1.29 is 9.90 Å². The molecule has 2 aromatic rings. The lowest BCUT2D eigenvalue weighted by molar-refractivity contribution is 0.102. The van der Waals surface area contributed by atoms with Gasteiger partial charge < -0.3 is 30.9 Å². The molecule has 2 aliphatic rings. The number of aliphatic imine (C=N–C) groups is 1. The van der Waals surface area contributed by atoms with Crippen molar-refractivity contribution in [1.29, 1.82) is 0 Å². The Hall–Kier alpha value is -3.59. The zero-order valence-corrected chi connectivity index (χ0v) is 17.3. The molecule has 1 aromatic heterocycles. The smallest absolute Gasteiger partial charge is 0.271 e. The summed E-state index contributed by atoms with van der Waals surface area (Å²) in [6.45, 7) is 1.52. The number of benzene rings is 1. The highest BCUT2D eigenvalue weighted by molar-refractivity contribution is 6.06. The quantitative estimate of drug-likeness (QED) is 0.474. The monoisotopic (exact) mass is 422 g/mol. The second-order valence-corrected chi connectivity index (χ2v) is 7.52. The first-order chi connectivity index (χ1) is 15.1. The highest BCUT2D eigenvalue weighted by atomic mass is 16.3. The SMILES string of the molecule is CNC1=CNCC(c2c[nH]c(=O)c(NC(=O)c3ccc(N4CCC[C@H]4CO)cc3)c2)=N1. The molecule has 0 aliphatic carbocycles. The molecule has 0 radical (unpaired) electrons. The Bertz CT molecular complexity index is 1070. The van der Waals surface area contributed by atoms with E-state index in [1.165, 1.54) is 0 Å². The van der Waals surface area contributed by atoms with Gasteiger partial charge >= 0.3 is 0 Å². The number of aliphatic hydroxyl groups excluding tert-OH is 1. The van der Waals surface area contributed by atoms with Gasteiger partial charge in [-0.3, -0.25) is 9.59 Å². The third kappa shape index (κ3) is 4.46. The van der Waals surface area contributed by atoms with Gasteiger partial charge in [0.05, 0.1) is 24.9 Å². The van der Waals surface area contributed by atoms with Gasteiger partial charge in [-0.25, -0.2) is 4.99 Å². The molecule has 1 atom stereocenters. The second-order valence-electron chi connectivity index (χ2n) is 7.52. The first-order valence-corrected chi connectivity index (χ1v) is 10.3. The fraction of sp³-hybridized carbons (Fsp3) is 0.318. The predicted octanol–water partition coefficient (Wildman–Crippen LogP) is 0.999. The number of amides is 1. The van der Waals surface area contributed by atoms with Crippen molar-refractivity contribution in [3.63, 3.8) is 0 Å². The molecule has 9 nitrogen and oxygen atoms in total. The van der Waals surface area contributed by atoms with Crippen molar-refractivity contribution in [3.8, 4) is 0 Å². The summed E-state index contributed by atoms with van der Waals surface area (Å²) in [6.07, 6.45) is 5.36. The number of nitrogens with zero attached hydrogens (tertiary/aromatic N) is 2. The standard InChI is InChI=1S/C22H26N6O3/c1-23-20-12-24-11-19(26-20)15-9-18(22(31)25-10-15)27-21(30)14-4-6-16(7-5-14)28-8-2-3-17(28)13-29/h4-7,9-10,12,17,23-24,29H,2-3,8,11,13H2,1H3,(H,25,31)(H,27,30)/t17-/m0/s1. The first-order valence-electron chi connectivity index (χ1n) is 10.3. The summed E-state index contributed by atoms with van der Waals surface area (Å²) in [5.74, 6) is 0.313. The molecule has 1 saturated heterocycles. The van der Waals surface area contributed by atoms with Gasteiger partial charge in [-0.2, -0.15) is 0 Å². The van der Waals surface area contributed by atoms with Crippen LogP contribution in [0.25, 0.3) is 0 Å². The van der Waals surface area contributed by atoms with Crippen LogP contribution in [-0.4, -0.2) is 54.5 Å². The van der Waals surface area contributed by atoms with Gasteiger partial charge in [0.15, 0.2) is 0 Å². The molecule has 0 spiro atoms. The third-order valence-electron chi connectivity index (χ3n) is 5.55. The number of carbonyl (C=O) groups excluding carboxylic acids is 1. The van der Waals surface area contributed by atoms with Crippen LogP contribution in [0, 0.1) is 0 Å². The number of aromatic nitrogens is 1. The molecule has 9 heteroatoms. The molecule has 1 aromatic carbocycles. The van der Waals surface area contributed by atoms with Crippen LogP contribution in [-0.2, 0) is 0 Å². The van der Waals surface area contributed by atoms with E-state index in [2.05, 4.69) is 30.8 Å². The average molecular weight is 422 g/mol. The number of rotatable bonds is 6. The van der Waals surface area contributed by atoms with Gasteiger partial charge in [0, 0.05) is 42.8 Å². The molecule has 1 amide bonds. The van der Waals surface area contributed by atoms with E-state index in [1.807, 2.05) is 12.1 Å². The highest BCUT2D eigenvalue weighted by Gasteiger charge is 2.24. The van der Waals surface area contributed by atoms with E-state index >= 15 is 0 Å². The largest absolute Gasteiger partial charge is 0.394 e. The van der Waals surface area contributed by atoms with Crippen molar-refractivity contribution in [1.82, 2.24) is 15.6 Å². The van der Waals surface area contributed by atoms with Crippen LogP contribution in [0.2, 0.25) is 0 Å². The number of anilines is 2. The molecule has 1 fully saturated rings. The van der Waals surface area contributed by atoms with Crippen LogP contribution in [0.1, 0.15) is 28.8 Å². The minimum absolute atomic E-state index is 0.119. The number of pyridine rings is 1. The zero-order valence-electron chi connectivity index (χ0n) is 17.3. The minimum Gasteiger partial charge on any atom is -0.394 e. The fourth-order valence-electron chi connectivity index (χ4n) is 3.86. The molecule has 5 N–H and O–H groups in total. The van der Waals surface area contributed by atoms with Crippen molar-refractivity contribution in [2.45, 2.75) is 18.9 Å². The van der Waals surface area contributed by atoms with Crippen molar-refractivity contribution in [2.24, 2.45) is 4.99 Å². The lowest BCUT2D eigenvalue weighted by atomic mass is 10.1. The maximum absolute atomic E-state index is 12.7. The topological polar surface area (TPSA) is 122 Å². The van der Waals surface area contributed by atoms with E-state index < -0.39 is 0 Å². The van der Waals surface area contributed by atoms with Crippen LogP contribution in [0.5, 0.6) is 0 Å². The minimum atomic E-state index is -0.384. The highest BCUT2D eigenvalue weighted by Crippen LogP contribution is 2.25. The summed E-state index contributed by atoms with van der Waals surface area (Å²) < 4.78 is 0. The van der Waals surface area contributed by atoms with E-state index in [-0.39, 0.29) is 29.8 Å². The normalized spacial score (nSPS) is 18.1. The molecule has 0 saturated carbocycles. The van der Waals surface area contributed by atoms with Crippen LogP contribution in [0.4, 0.5) is 11.4 Å². The molecule has 31 heavy (non-hydrogen) atoms. The van der Waals surface area contributed by atoms with Crippen LogP contribution < -0.4 is 26.4 Å². The number of nitrogens with one attached hydrogen (secondary N) is 4. The molecule has 2 aliphatic heterocycles. The lowest BCUT2D eigenvalue weighted by Crippen LogP contribution is -2.32. The summed E-state index contributed by atoms with van der Waals surface area (Å²) in [7, 11) is 1.78. The van der Waals surface area contributed by atoms with Gasteiger partial charge in [-0.1, -0.05) is 0 Å². The Kier molecular flexibility index (Phi) is 6.03. The summed E-state index contributed by atoms with van der Waals surface area (Å²) in [4.78, 5) is 34.3. The summed E-state index contributed by atoms with van der Waals surface area (Å²) in [6, 6.07) is 8.95. The molecular weight excluding hydrogens is 396 g/mol. The number of carbonyl (C=O) groups is 1. The summed E-state index contributed by atoms with van der Waals surface area (Å²) in [5.41, 5.74) is 2.66. The Morgan fingerprint density at radius 2 is 2.13 bits per heavy atom. The number of hydrogen-bond donors (Lipinski definition) is 5. The summed E-state index contributed by atoms with van der Waals surface area (Å²) in [5, 5.41) is 18.3. The predicted molar refractivity (Wildman–Crippen MR) is 121 cm³/mol. The first kappa shape index (κ1) is 20.7. The maximum Gasteiger partial charge on any atom is 0.271 e.